The van der Waals surface area contributed by atoms with E-state index in [0.717, 1.165) is 36.0 Å². The number of rotatable bonds is 10. The Morgan fingerprint density at radius 2 is 1.88 bits per heavy atom. The predicted octanol–water partition coefficient (Wildman–Crippen LogP) is 3.36. The number of guanidine groups is 1. The number of para-hydroxylation sites is 1. The van der Waals surface area contributed by atoms with Crippen LogP contribution in [0.25, 0.3) is 0 Å². The summed E-state index contributed by atoms with van der Waals surface area (Å²) >= 11 is 0. The predicted molar refractivity (Wildman–Crippen MR) is 114 cm³/mol. The van der Waals surface area contributed by atoms with Gasteiger partial charge >= 0.3 is 0 Å². The lowest BCUT2D eigenvalue weighted by Crippen LogP contribution is -2.39. The van der Waals surface area contributed by atoms with Crippen molar-refractivity contribution in [1.29, 1.82) is 0 Å². The summed E-state index contributed by atoms with van der Waals surface area (Å²) < 4.78 is 16.5. The van der Waals surface area contributed by atoms with Crippen molar-refractivity contribution >= 4 is 29.9 Å². The van der Waals surface area contributed by atoms with Gasteiger partial charge in [-0.25, -0.2) is 0 Å². The molecule has 0 aliphatic carbocycles. The minimum absolute atomic E-state index is 0. The molecule has 1 heterocycles. The number of aryl methyl sites for hydroxylation is 1. The maximum absolute atomic E-state index is 5.75. The lowest BCUT2D eigenvalue weighted by molar-refractivity contribution is 0.105. The Kier molecular flexibility index (Phi) is 11.5. The Labute approximate surface area is 172 Å². The Morgan fingerprint density at radius 1 is 1.08 bits per heavy atom. The molecule has 0 radical (unpaired) electrons. The van der Waals surface area contributed by atoms with Gasteiger partial charge < -0.3 is 24.5 Å². The van der Waals surface area contributed by atoms with Gasteiger partial charge in [0.05, 0.1) is 12.8 Å². The molecule has 2 aromatic rings. The van der Waals surface area contributed by atoms with Gasteiger partial charge in [0, 0.05) is 20.2 Å². The summed E-state index contributed by atoms with van der Waals surface area (Å²) in [5, 5.41) is 6.48. The quantitative estimate of drug-likeness (QED) is 0.240. The lowest BCUT2D eigenvalue weighted by atomic mass is 10.2. The smallest absolute Gasteiger partial charge is 0.191 e. The summed E-state index contributed by atoms with van der Waals surface area (Å²) in [6, 6.07) is 11.8. The summed E-state index contributed by atoms with van der Waals surface area (Å²) in [5.41, 5.74) is 1.14. The minimum Gasteiger partial charge on any atom is -0.491 e. The second-order valence-corrected chi connectivity index (χ2v) is 5.53. The van der Waals surface area contributed by atoms with Crippen LogP contribution in [0, 0.1) is 6.92 Å². The van der Waals surface area contributed by atoms with Gasteiger partial charge in [0.1, 0.15) is 24.7 Å². The van der Waals surface area contributed by atoms with Crippen molar-refractivity contribution in [1.82, 2.24) is 10.6 Å². The highest BCUT2D eigenvalue weighted by atomic mass is 127. The average molecular weight is 473 g/mol. The van der Waals surface area contributed by atoms with Gasteiger partial charge in [-0.1, -0.05) is 18.2 Å². The van der Waals surface area contributed by atoms with Crippen LogP contribution in [0.15, 0.2) is 52.1 Å². The van der Waals surface area contributed by atoms with Crippen molar-refractivity contribution in [3.8, 4) is 5.75 Å². The third-order valence-corrected chi connectivity index (χ3v) is 3.55. The maximum atomic E-state index is 5.75. The summed E-state index contributed by atoms with van der Waals surface area (Å²) in [6.07, 6.45) is 2.54. The van der Waals surface area contributed by atoms with Gasteiger partial charge in [-0.15, -0.1) is 24.0 Å². The van der Waals surface area contributed by atoms with E-state index >= 15 is 0 Å². The van der Waals surface area contributed by atoms with Crippen LogP contribution < -0.4 is 15.4 Å². The monoisotopic (exact) mass is 473 g/mol. The molecule has 7 heteroatoms. The Hall–Kier alpha value is -1.74. The van der Waals surface area contributed by atoms with Crippen molar-refractivity contribution in [2.45, 2.75) is 20.0 Å². The van der Waals surface area contributed by atoms with Crippen molar-refractivity contribution in [3.05, 3.63) is 54.0 Å². The molecule has 0 unspecified atom stereocenters. The first kappa shape index (κ1) is 22.3. The average Bonchev–Trinajstić information content (AvgIpc) is 3.14. The van der Waals surface area contributed by atoms with Crippen LogP contribution in [0.3, 0.4) is 0 Å². The first-order valence-electron chi connectivity index (χ1n) is 8.52. The van der Waals surface area contributed by atoms with Crippen molar-refractivity contribution < 1.29 is 13.9 Å². The molecule has 0 bridgehead atoms. The van der Waals surface area contributed by atoms with Crippen molar-refractivity contribution in [2.75, 3.05) is 33.4 Å². The van der Waals surface area contributed by atoms with Gasteiger partial charge in [0.15, 0.2) is 5.96 Å². The standard InChI is InChI=1S/C19H27N3O3.HI/c1-16-7-3-4-9-18(16)25-14-11-22-19(20-2)21-10-6-12-23-15-17-8-5-13-24-17;/h3-5,7-9,13H,6,10-12,14-15H2,1-2H3,(H2,20,21,22);1H. The molecular weight excluding hydrogens is 445 g/mol. The molecule has 1 aromatic heterocycles. The van der Waals surface area contributed by atoms with Crippen LogP contribution >= 0.6 is 24.0 Å². The summed E-state index contributed by atoms with van der Waals surface area (Å²) in [6.45, 7) is 5.27. The first-order chi connectivity index (χ1) is 12.3. The number of benzene rings is 1. The van der Waals surface area contributed by atoms with Crippen LogP contribution in [0.2, 0.25) is 0 Å². The van der Waals surface area contributed by atoms with E-state index < -0.39 is 0 Å². The molecule has 2 N–H and O–H groups in total. The number of furan rings is 1. The van der Waals surface area contributed by atoms with E-state index in [1.807, 2.05) is 43.3 Å². The topological polar surface area (TPSA) is 68.0 Å². The molecule has 0 aliphatic rings. The molecule has 0 spiro atoms. The molecule has 144 valence electrons. The zero-order valence-electron chi connectivity index (χ0n) is 15.4. The number of ether oxygens (including phenoxy) is 2. The maximum Gasteiger partial charge on any atom is 0.191 e. The lowest BCUT2D eigenvalue weighted by Gasteiger charge is -2.13. The molecule has 0 aliphatic heterocycles. The molecule has 0 fully saturated rings. The van der Waals surface area contributed by atoms with E-state index in [1.54, 1.807) is 13.3 Å². The number of nitrogens with one attached hydrogen (secondary N) is 2. The first-order valence-corrected chi connectivity index (χ1v) is 8.52. The number of nitrogens with zero attached hydrogens (tertiary/aromatic N) is 1. The fraction of sp³-hybridized carbons (Fsp3) is 0.421. The third-order valence-electron chi connectivity index (χ3n) is 3.55. The molecule has 0 saturated carbocycles. The molecular formula is C19H28IN3O3. The van der Waals surface area contributed by atoms with Gasteiger partial charge in [-0.05, 0) is 37.1 Å². The van der Waals surface area contributed by atoms with Gasteiger partial charge in [-0.2, -0.15) is 0 Å². The molecule has 0 atom stereocenters. The summed E-state index contributed by atoms with van der Waals surface area (Å²) in [7, 11) is 1.75. The molecule has 2 rings (SSSR count). The molecule has 26 heavy (non-hydrogen) atoms. The fourth-order valence-corrected chi connectivity index (χ4v) is 2.22. The van der Waals surface area contributed by atoms with E-state index in [1.165, 1.54) is 0 Å². The van der Waals surface area contributed by atoms with Gasteiger partial charge in [-0.3, -0.25) is 4.99 Å². The third kappa shape index (κ3) is 8.57. The van der Waals surface area contributed by atoms with Crippen LogP contribution in [-0.4, -0.2) is 39.3 Å². The van der Waals surface area contributed by atoms with Crippen molar-refractivity contribution in [2.24, 2.45) is 4.99 Å². The highest BCUT2D eigenvalue weighted by Crippen LogP contribution is 2.15. The van der Waals surface area contributed by atoms with Crippen LogP contribution in [0.5, 0.6) is 5.75 Å². The SMILES string of the molecule is CN=C(NCCCOCc1ccco1)NCCOc1ccccc1C.I. The second kappa shape index (κ2) is 13.5. The van der Waals surface area contributed by atoms with Gasteiger partial charge in [0.25, 0.3) is 0 Å². The molecule has 0 saturated heterocycles. The van der Waals surface area contributed by atoms with Crippen LogP contribution in [0.1, 0.15) is 17.7 Å². The largest absolute Gasteiger partial charge is 0.491 e. The minimum atomic E-state index is 0. The Balaban J connectivity index is 0.00000338. The highest BCUT2D eigenvalue weighted by Gasteiger charge is 2.00. The molecule has 6 nitrogen and oxygen atoms in total. The summed E-state index contributed by atoms with van der Waals surface area (Å²) in [5.74, 6) is 2.53. The number of hydrogen-bond acceptors (Lipinski definition) is 4. The highest BCUT2D eigenvalue weighted by molar-refractivity contribution is 14.0. The van der Waals surface area contributed by atoms with E-state index in [9.17, 15) is 0 Å². The zero-order chi connectivity index (χ0) is 17.7. The van der Waals surface area contributed by atoms with E-state index in [0.29, 0.717) is 26.4 Å². The number of halogens is 1. The molecule has 1 aromatic carbocycles. The van der Waals surface area contributed by atoms with E-state index in [4.69, 9.17) is 13.9 Å². The number of hydrogen-bond donors (Lipinski definition) is 2. The number of aliphatic imine (C=N–C) groups is 1. The van der Waals surface area contributed by atoms with Crippen LogP contribution in [0.4, 0.5) is 0 Å². The van der Waals surface area contributed by atoms with Crippen molar-refractivity contribution in [3.63, 3.8) is 0 Å². The Morgan fingerprint density at radius 3 is 2.62 bits per heavy atom. The molecule has 0 amide bonds. The summed E-state index contributed by atoms with van der Waals surface area (Å²) in [4.78, 5) is 4.19. The fourth-order valence-electron chi connectivity index (χ4n) is 2.22. The van der Waals surface area contributed by atoms with Crippen LogP contribution in [-0.2, 0) is 11.3 Å². The van der Waals surface area contributed by atoms with Gasteiger partial charge in [0.2, 0.25) is 0 Å². The normalized spacial score (nSPS) is 10.9. The second-order valence-electron chi connectivity index (χ2n) is 5.53. The van der Waals surface area contributed by atoms with E-state index in [2.05, 4.69) is 15.6 Å². The Bertz CT molecular complexity index is 633. The van der Waals surface area contributed by atoms with E-state index in [-0.39, 0.29) is 24.0 Å². The zero-order valence-corrected chi connectivity index (χ0v) is 17.7.